The number of fused-ring (bicyclic) bond motifs is 2. The normalized spacial score (nSPS) is 24.0. The highest BCUT2D eigenvalue weighted by molar-refractivity contribution is 5.84. The summed E-state index contributed by atoms with van der Waals surface area (Å²) in [5.74, 6) is 0.580. The highest BCUT2D eigenvalue weighted by atomic mass is 16.6. The van der Waals surface area contributed by atoms with Crippen molar-refractivity contribution in [3.05, 3.63) is 29.3 Å². The van der Waals surface area contributed by atoms with Gasteiger partial charge >= 0.3 is 5.97 Å². The molecule has 1 unspecified atom stereocenters. The maximum atomic E-state index is 12.7. The van der Waals surface area contributed by atoms with Gasteiger partial charge in [0.25, 0.3) is 5.91 Å². The minimum Gasteiger partial charge on any atom is -0.482 e. The Labute approximate surface area is 235 Å². The minimum atomic E-state index is -0.882. The van der Waals surface area contributed by atoms with Gasteiger partial charge in [-0.05, 0) is 100 Å². The van der Waals surface area contributed by atoms with E-state index in [1.807, 2.05) is 46.8 Å². The standard InChI is InChI=1S/C32H51NO6/c1-7-8-9-12-23(34)14-15-24-25-16-21-11-10-13-28(26(21)17-22(25)18-27(24)35)38-19-29(36)39-30(20(2)3)31(37)33-32(4,5)6/h10-11,13,20,22-25,27,30,34-35H,7-9,12,14-19H2,1-6H3,(H,33,37)/t22-,23-,24+,25-,27+,30?/m0/s1. The summed E-state index contributed by atoms with van der Waals surface area (Å²) in [7, 11) is 0. The van der Waals surface area contributed by atoms with Crippen molar-refractivity contribution in [1.29, 1.82) is 0 Å². The summed E-state index contributed by atoms with van der Waals surface area (Å²) in [4.78, 5) is 25.3. The van der Waals surface area contributed by atoms with Gasteiger partial charge in [-0.2, -0.15) is 0 Å². The van der Waals surface area contributed by atoms with E-state index in [-0.39, 0.29) is 36.6 Å². The Morgan fingerprint density at radius 2 is 1.87 bits per heavy atom. The molecule has 3 rings (SSSR count). The number of benzene rings is 1. The molecule has 1 saturated carbocycles. The second kappa shape index (κ2) is 14.0. The average molecular weight is 546 g/mol. The summed E-state index contributed by atoms with van der Waals surface area (Å²) in [5, 5.41) is 24.2. The van der Waals surface area contributed by atoms with Crippen LogP contribution in [0.2, 0.25) is 0 Å². The third kappa shape index (κ3) is 8.94. The summed E-state index contributed by atoms with van der Waals surface area (Å²) in [6.45, 7) is 11.3. The van der Waals surface area contributed by atoms with Crippen LogP contribution in [0.15, 0.2) is 18.2 Å². The van der Waals surface area contributed by atoms with Crippen LogP contribution in [-0.4, -0.2) is 52.5 Å². The Hall–Kier alpha value is -2.12. The second-order valence-electron chi connectivity index (χ2n) is 13.1. The molecule has 0 bridgehead atoms. The van der Waals surface area contributed by atoms with E-state index >= 15 is 0 Å². The van der Waals surface area contributed by atoms with Crippen molar-refractivity contribution in [3.63, 3.8) is 0 Å². The highest BCUT2D eigenvalue weighted by Crippen LogP contribution is 2.48. The Morgan fingerprint density at radius 3 is 2.54 bits per heavy atom. The zero-order chi connectivity index (χ0) is 28.7. The van der Waals surface area contributed by atoms with Gasteiger partial charge in [0.2, 0.25) is 0 Å². The van der Waals surface area contributed by atoms with Gasteiger partial charge < -0.3 is 25.0 Å². The van der Waals surface area contributed by atoms with Crippen molar-refractivity contribution < 1.29 is 29.3 Å². The lowest BCUT2D eigenvalue weighted by Crippen LogP contribution is -2.49. The van der Waals surface area contributed by atoms with Gasteiger partial charge in [0.05, 0.1) is 12.2 Å². The molecule has 0 spiro atoms. The van der Waals surface area contributed by atoms with E-state index in [0.29, 0.717) is 17.6 Å². The number of nitrogens with one attached hydrogen (secondary N) is 1. The third-order valence-electron chi connectivity index (χ3n) is 8.29. The van der Waals surface area contributed by atoms with E-state index in [9.17, 15) is 19.8 Å². The lowest BCUT2D eigenvalue weighted by atomic mass is 9.73. The molecule has 2 aliphatic rings. The second-order valence-corrected chi connectivity index (χ2v) is 13.1. The third-order valence-corrected chi connectivity index (χ3v) is 8.29. The molecular weight excluding hydrogens is 494 g/mol. The first-order valence-corrected chi connectivity index (χ1v) is 15.0. The van der Waals surface area contributed by atoms with E-state index in [1.54, 1.807) is 0 Å². The molecule has 39 heavy (non-hydrogen) atoms. The Kier molecular flexibility index (Phi) is 11.3. The van der Waals surface area contributed by atoms with Gasteiger partial charge in [-0.25, -0.2) is 4.79 Å². The van der Waals surface area contributed by atoms with E-state index in [4.69, 9.17) is 9.47 Å². The molecule has 7 heteroatoms. The molecule has 1 amide bonds. The largest absolute Gasteiger partial charge is 0.482 e. The molecule has 1 aromatic carbocycles. The minimum absolute atomic E-state index is 0.170. The molecule has 2 aliphatic carbocycles. The number of aliphatic hydroxyl groups excluding tert-OH is 2. The first-order chi connectivity index (χ1) is 18.4. The Balaban J connectivity index is 1.59. The van der Waals surface area contributed by atoms with Crippen molar-refractivity contribution in [2.24, 2.45) is 23.7 Å². The Morgan fingerprint density at radius 1 is 1.13 bits per heavy atom. The van der Waals surface area contributed by atoms with Crippen molar-refractivity contribution in [1.82, 2.24) is 5.32 Å². The molecule has 6 atom stereocenters. The molecule has 1 aromatic rings. The van der Waals surface area contributed by atoms with Gasteiger partial charge in [0.15, 0.2) is 12.7 Å². The van der Waals surface area contributed by atoms with Crippen LogP contribution in [-0.2, 0) is 27.2 Å². The maximum Gasteiger partial charge on any atom is 0.344 e. The highest BCUT2D eigenvalue weighted by Gasteiger charge is 2.45. The molecule has 0 radical (unpaired) electrons. The van der Waals surface area contributed by atoms with E-state index in [1.165, 1.54) is 5.56 Å². The quantitative estimate of drug-likeness (QED) is 0.239. The smallest absolute Gasteiger partial charge is 0.344 e. The summed E-state index contributed by atoms with van der Waals surface area (Å²) < 4.78 is 11.5. The van der Waals surface area contributed by atoms with Crippen LogP contribution in [0.25, 0.3) is 0 Å². The molecule has 0 aromatic heterocycles. The van der Waals surface area contributed by atoms with E-state index < -0.39 is 17.6 Å². The molecule has 220 valence electrons. The topological polar surface area (TPSA) is 105 Å². The van der Waals surface area contributed by atoms with Gasteiger partial charge in [-0.15, -0.1) is 0 Å². The average Bonchev–Trinajstić information content (AvgIpc) is 3.15. The van der Waals surface area contributed by atoms with Crippen molar-refractivity contribution in [3.8, 4) is 5.75 Å². The van der Waals surface area contributed by atoms with Crippen molar-refractivity contribution >= 4 is 11.9 Å². The number of carbonyl (C=O) groups is 2. The zero-order valence-corrected chi connectivity index (χ0v) is 24.9. The van der Waals surface area contributed by atoms with Crippen LogP contribution in [0.4, 0.5) is 0 Å². The lowest BCUT2D eigenvalue weighted by Gasteiger charge is -2.32. The summed E-state index contributed by atoms with van der Waals surface area (Å²) in [6, 6.07) is 5.95. The fourth-order valence-corrected chi connectivity index (χ4v) is 6.34. The van der Waals surface area contributed by atoms with Gasteiger partial charge in [-0.1, -0.05) is 52.2 Å². The van der Waals surface area contributed by atoms with Crippen molar-refractivity contribution in [2.45, 2.75) is 123 Å². The van der Waals surface area contributed by atoms with Gasteiger partial charge in [0.1, 0.15) is 5.75 Å². The molecule has 0 heterocycles. The lowest BCUT2D eigenvalue weighted by molar-refractivity contribution is -0.161. The predicted octanol–water partition coefficient (Wildman–Crippen LogP) is 4.98. The maximum absolute atomic E-state index is 12.7. The number of ether oxygens (including phenoxy) is 2. The molecular formula is C32H51NO6. The molecule has 0 saturated heterocycles. The van der Waals surface area contributed by atoms with Crippen LogP contribution in [0.1, 0.15) is 97.6 Å². The van der Waals surface area contributed by atoms with Crippen molar-refractivity contribution in [2.75, 3.05) is 6.61 Å². The number of aliphatic hydroxyl groups is 2. The van der Waals surface area contributed by atoms with Crippen LogP contribution in [0.5, 0.6) is 5.75 Å². The molecule has 0 aliphatic heterocycles. The fraction of sp³-hybridized carbons (Fsp3) is 0.750. The first-order valence-electron chi connectivity index (χ1n) is 15.0. The molecule has 1 fully saturated rings. The number of unbranched alkanes of at least 4 members (excludes halogenated alkanes) is 2. The predicted molar refractivity (Wildman–Crippen MR) is 152 cm³/mol. The van der Waals surface area contributed by atoms with Gasteiger partial charge in [0, 0.05) is 5.54 Å². The van der Waals surface area contributed by atoms with Crippen LogP contribution >= 0.6 is 0 Å². The van der Waals surface area contributed by atoms with E-state index in [2.05, 4.69) is 18.3 Å². The first kappa shape index (κ1) is 31.4. The summed E-state index contributed by atoms with van der Waals surface area (Å²) in [5.41, 5.74) is 1.88. The summed E-state index contributed by atoms with van der Waals surface area (Å²) in [6.07, 6.45) is 6.73. The fourth-order valence-electron chi connectivity index (χ4n) is 6.34. The number of carbonyl (C=O) groups excluding carboxylic acids is 2. The number of amides is 1. The number of hydrogen-bond donors (Lipinski definition) is 3. The monoisotopic (exact) mass is 545 g/mol. The SMILES string of the molecule is CCCCC[C@H](O)CC[C@@H]1[C@H]2Cc3cccc(OCC(=O)OC(C(=O)NC(C)(C)C)C(C)C)c3C[C@H]2C[C@H]1O. The Bertz CT molecular complexity index is 954. The number of esters is 1. The number of hydrogen-bond acceptors (Lipinski definition) is 6. The number of rotatable bonds is 13. The van der Waals surface area contributed by atoms with Crippen LogP contribution in [0.3, 0.4) is 0 Å². The van der Waals surface area contributed by atoms with Crippen LogP contribution < -0.4 is 10.1 Å². The van der Waals surface area contributed by atoms with E-state index in [0.717, 1.165) is 63.4 Å². The summed E-state index contributed by atoms with van der Waals surface area (Å²) >= 11 is 0. The molecule has 3 N–H and O–H groups in total. The van der Waals surface area contributed by atoms with Crippen LogP contribution in [0, 0.1) is 23.7 Å². The van der Waals surface area contributed by atoms with Gasteiger partial charge in [-0.3, -0.25) is 4.79 Å². The zero-order valence-electron chi connectivity index (χ0n) is 24.9. The molecule has 7 nitrogen and oxygen atoms in total.